The quantitative estimate of drug-likeness (QED) is 0.863. The van der Waals surface area contributed by atoms with Crippen molar-refractivity contribution in [3.63, 3.8) is 0 Å². The molecule has 1 aliphatic rings. The molecule has 0 radical (unpaired) electrons. The van der Waals surface area contributed by atoms with Crippen molar-refractivity contribution < 1.29 is 19.4 Å². The molecule has 130 valence electrons. The second kappa shape index (κ2) is 5.70. The van der Waals surface area contributed by atoms with Crippen LogP contribution in [0.25, 0.3) is 0 Å². The second-order valence-corrected chi connectivity index (χ2v) is 7.22. The summed E-state index contributed by atoms with van der Waals surface area (Å²) in [5, 5.41) is 11.3. The van der Waals surface area contributed by atoms with Gasteiger partial charge in [-0.3, -0.25) is 4.79 Å². The van der Waals surface area contributed by atoms with Gasteiger partial charge in [-0.2, -0.15) is 0 Å². The molecule has 0 saturated heterocycles. The third kappa shape index (κ3) is 2.81. The molecule has 1 unspecified atom stereocenters. The van der Waals surface area contributed by atoms with Gasteiger partial charge in [-0.1, -0.05) is 48.0 Å². The number of benzene rings is 2. The number of aryl methyl sites for hydroxylation is 1. The number of carbonyl (C=O) groups is 2. The smallest absolute Gasteiger partial charge is 0.421 e. The lowest BCUT2D eigenvalue weighted by molar-refractivity contribution is -0.131. The summed E-state index contributed by atoms with van der Waals surface area (Å²) in [4.78, 5) is 26.6. The molecule has 0 spiro atoms. The fourth-order valence-electron chi connectivity index (χ4n) is 2.97. The van der Waals surface area contributed by atoms with Crippen molar-refractivity contribution in [1.82, 2.24) is 0 Å². The fraction of sp³-hybridized carbons (Fsp3) is 0.300. The van der Waals surface area contributed by atoms with Crippen LogP contribution >= 0.6 is 0 Å². The average molecular weight is 339 g/mol. The monoisotopic (exact) mass is 339 g/mol. The first kappa shape index (κ1) is 17.2. The van der Waals surface area contributed by atoms with Gasteiger partial charge in [0.1, 0.15) is 5.60 Å². The van der Waals surface area contributed by atoms with Gasteiger partial charge in [0.15, 0.2) is 5.60 Å². The minimum atomic E-state index is -1.92. The Hall–Kier alpha value is -2.66. The van der Waals surface area contributed by atoms with E-state index in [0.29, 0.717) is 16.8 Å². The molecule has 0 bridgehead atoms. The maximum absolute atomic E-state index is 13.1. The Morgan fingerprint density at radius 3 is 2.36 bits per heavy atom. The van der Waals surface area contributed by atoms with Crippen LogP contribution in [-0.4, -0.2) is 22.7 Å². The molecule has 1 aliphatic heterocycles. The van der Waals surface area contributed by atoms with Gasteiger partial charge in [-0.25, -0.2) is 9.69 Å². The highest BCUT2D eigenvalue weighted by atomic mass is 16.6. The van der Waals surface area contributed by atoms with E-state index in [2.05, 4.69) is 0 Å². The summed E-state index contributed by atoms with van der Waals surface area (Å²) in [6, 6.07) is 13.8. The number of hydrogen-bond donors (Lipinski definition) is 1. The van der Waals surface area contributed by atoms with Crippen LogP contribution in [0.15, 0.2) is 48.5 Å². The highest BCUT2D eigenvalue weighted by Gasteiger charge is 2.54. The topological polar surface area (TPSA) is 66.8 Å². The number of hydrogen-bond acceptors (Lipinski definition) is 4. The summed E-state index contributed by atoms with van der Waals surface area (Å²) in [6.45, 7) is 7.05. The number of imide groups is 1. The van der Waals surface area contributed by atoms with Gasteiger partial charge in [-0.05, 0) is 39.3 Å². The molecule has 25 heavy (non-hydrogen) atoms. The first-order valence-electron chi connectivity index (χ1n) is 8.11. The molecule has 2 amide bonds. The van der Waals surface area contributed by atoms with Crippen molar-refractivity contribution >= 4 is 17.7 Å². The van der Waals surface area contributed by atoms with Crippen LogP contribution in [0, 0.1) is 6.92 Å². The maximum atomic E-state index is 13.1. The summed E-state index contributed by atoms with van der Waals surface area (Å²) in [6.07, 6.45) is -0.797. The van der Waals surface area contributed by atoms with Gasteiger partial charge in [0.05, 0.1) is 5.69 Å². The minimum absolute atomic E-state index is 0.344. The van der Waals surface area contributed by atoms with Crippen molar-refractivity contribution in [3.05, 3.63) is 65.2 Å². The molecule has 2 aromatic rings. The lowest BCUT2D eigenvalue weighted by atomic mass is 9.87. The van der Waals surface area contributed by atoms with Gasteiger partial charge in [0, 0.05) is 5.56 Å². The Morgan fingerprint density at radius 2 is 1.76 bits per heavy atom. The SMILES string of the molecule is Cc1ccc2c(c1)C(O)(c1ccccc1)C(=O)N2C(=O)OC(C)(C)C. The van der Waals surface area contributed by atoms with Gasteiger partial charge >= 0.3 is 6.09 Å². The van der Waals surface area contributed by atoms with Crippen molar-refractivity contribution in [3.8, 4) is 0 Å². The Labute approximate surface area is 146 Å². The van der Waals surface area contributed by atoms with Crippen molar-refractivity contribution in [2.75, 3.05) is 4.90 Å². The molecule has 5 heteroatoms. The minimum Gasteiger partial charge on any atom is -0.443 e. The third-order valence-corrected chi connectivity index (χ3v) is 4.06. The van der Waals surface area contributed by atoms with E-state index < -0.39 is 23.2 Å². The van der Waals surface area contributed by atoms with E-state index in [1.165, 1.54) is 0 Å². The van der Waals surface area contributed by atoms with Gasteiger partial charge in [-0.15, -0.1) is 0 Å². The van der Waals surface area contributed by atoms with E-state index in [9.17, 15) is 14.7 Å². The molecule has 0 fully saturated rings. The van der Waals surface area contributed by atoms with Crippen molar-refractivity contribution in [2.24, 2.45) is 0 Å². The zero-order chi connectivity index (χ0) is 18.4. The maximum Gasteiger partial charge on any atom is 0.421 e. The molecule has 3 rings (SSSR count). The number of aliphatic hydroxyl groups is 1. The molecule has 1 atom stereocenters. The highest BCUT2D eigenvalue weighted by Crippen LogP contribution is 2.45. The number of fused-ring (bicyclic) bond motifs is 1. The van der Waals surface area contributed by atoms with Crippen LogP contribution in [0.4, 0.5) is 10.5 Å². The lowest BCUT2D eigenvalue weighted by Gasteiger charge is -2.25. The summed E-state index contributed by atoms with van der Waals surface area (Å²) in [7, 11) is 0. The van der Waals surface area contributed by atoms with E-state index in [4.69, 9.17) is 4.74 Å². The van der Waals surface area contributed by atoms with Crippen LogP contribution in [0.5, 0.6) is 0 Å². The molecule has 0 aromatic heterocycles. The number of anilines is 1. The number of nitrogens with zero attached hydrogens (tertiary/aromatic N) is 1. The Kier molecular flexibility index (Phi) is 3.92. The number of carbonyl (C=O) groups excluding carboxylic acids is 2. The standard InChI is InChI=1S/C20H21NO4/c1-13-10-11-16-15(12-13)20(24,14-8-6-5-7-9-14)17(22)21(16)18(23)25-19(2,3)4/h5-12,24H,1-4H3. The third-order valence-electron chi connectivity index (χ3n) is 4.06. The number of amides is 2. The van der Waals surface area contributed by atoms with Gasteiger partial charge < -0.3 is 9.84 Å². The molecule has 0 aliphatic carbocycles. The highest BCUT2D eigenvalue weighted by molar-refractivity contribution is 6.21. The van der Waals surface area contributed by atoms with E-state index in [1.807, 2.05) is 6.92 Å². The second-order valence-electron chi connectivity index (χ2n) is 7.22. The summed E-state index contributed by atoms with van der Waals surface area (Å²) < 4.78 is 5.36. The van der Waals surface area contributed by atoms with Crippen LogP contribution in [0.2, 0.25) is 0 Å². The Morgan fingerprint density at radius 1 is 1.12 bits per heavy atom. The zero-order valence-electron chi connectivity index (χ0n) is 14.7. The largest absolute Gasteiger partial charge is 0.443 e. The molecule has 1 heterocycles. The normalized spacial score (nSPS) is 19.7. The molecule has 2 aromatic carbocycles. The zero-order valence-corrected chi connectivity index (χ0v) is 14.7. The lowest BCUT2D eigenvalue weighted by Crippen LogP contribution is -2.45. The van der Waals surface area contributed by atoms with Crippen LogP contribution in [0.1, 0.15) is 37.5 Å². The predicted octanol–water partition coefficient (Wildman–Crippen LogP) is 3.51. The summed E-state index contributed by atoms with van der Waals surface area (Å²) in [5.41, 5.74) is -0.648. The molecular weight excluding hydrogens is 318 g/mol. The van der Waals surface area contributed by atoms with Crippen molar-refractivity contribution in [1.29, 1.82) is 0 Å². The van der Waals surface area contributed by atoms with Gasteiger partial charge in [0.25, 0.3) is 5.91 Å². The van der Waals surface area contributed by atoms with Crippen LogP contribution in [-0.2, 0) is 15.1 Å². The molecular formula is C20H21NO4. The van der Waals surface area contributed by atoms with E-state index in [-0.39, 0.29) is 0 Å². The van der Waals surface area contributed by atoms with Crippen molar-refractivity contribution in [2.45, 2.75) is 38.9 Å². The van der Waals surface area contributed by atoms with E-state index >= 15 is 0 Å². The number of ether oxygens (including phenoxy) is 1. The number of rotatable bonds is 1. The van der Waals surface area contributed by atoms with Crippen LogP contribution in [0.3, 0.4) is 0 Å². The summed E-state index contributed by atoms with van der Waals surface area (Å²) in [5.74, 6) is -0.728. The Balaban J connectivity index is 2.17. The molecule has 0 saturated carbocycles. The van der Waals surface area contributed by atoms with E-state index in [1.54, 1.807) is 69.3 Å². The molecule has 1 N–H and O–H groups in total. The fourth-order valence-corrected chi connectivity index (χ4v) is 2.97. The molecule has 5 nitrogen and oxygen atoms in total. The van der Waals surface area contributed by atoms with E-state index in [0.717, 1.165) is 10.5 Å². The predicted molar refractivity (Wildman–Crippen MR) is 94.3 cm³/mol. The van der Waals surface area contributed by atoms with Gasteiger partial charge in [0.2, 0.25) is 0 Å². The average Bonchev–Trinajstić information content (AvgIpc) is 2.76. The summed E-state index contributed by atoms with van der Waals surface area (Å²) >= 11 is 0. The Bertz CT molecular complexity index is 839. The first-order chi connectivity index (χ1) is 11.6. The first-order valence-corrected chi connectivity index (χ1v) is 8.11. The van der Waals surface area contributed by atoms with Crippen LogP contribution < -0.4 is 4.90 Å².